The van der Waals surface area contributed by atoms with Gasteiger partial charge in [0.1, 0.15) is 0 Å². The van der Waals surface area contributed by atoms with Crippen LogP contribution in [0.15, 0.2) is 106 Å². The first-order valence-electron chi connectivity index (χ1n) is 12.0. The van der Waals surface area contributed by atoms with Gasteiger partial charge < -0.3 is 0 Å². The van der Waals surface area contributed by atoms with Crippen LogP contribution >= 0.6 is 0 Å². The molecule has 0 aromatic heterocycles. The third kappa shape index (κ3) is 8.59. The third-order valence-corrected chi connectivity index (χ3v) is 5.45. The van der Waals surface area contributed by atoms with Crippen LogP contribution in [0.1, 0.15) is 66.5 Å². The molecule has 2 aromatic rings. The predicted octanol–water partition coefficient (Wildman–Crippen LogP) is 9.39. The zero-order valence-corrected chi connectivity index (χ0v) is 22.1. The van der Waals surface area contributed by atoms with Crippen LogP contribution in [0.4, 0.5) is 11.4 Å². The van der Waals surface area contributed by atoms with Crippen LogP contribution in [0.25, 0.3) is 0 Å². The molecule has 0 unspecified atom stereocenters. The molecule has 0 saturated heterocycles. The molecule has 2 rings (SSSR count). The maximum absolute atomic E-state index is 4.63. The Morgan fingerprint density at radius 1 is 0.559 bits per heavy atom. The Bertz CT molecular complexity index is 998. The fraction of sp³-hybridized carbons (Fsp3) is 0.312. The van der Waals surface area contributed by atoms with Gasteiger partial charge >= 0.3 is 0 Å². The summed E-state index contributed by atoms with van der Waals surface area (Å²) in [5.74, 6) is 0. The van der Waals surface area contributed by atoms with Crippen LogP contribution in [0, 0.1) is 0 Å². The van der Waals surface area contributed by atoms with E-state index >= 15 is 0 Å². The minimum absolute atomic E-state index is 0.142. The van der Waals surface area contributed by atoms with Crippen LogP contribution in [0.5, 0.6) is 0 Å². The largest absolute Gasteiger partial charge is 0.257 e. The monoisotopic (exact) mass is 452 g/mol. The van der Waals surface area contributed by atoms with Crippen molar-refractivity contribution in [1.29, 1.82) is 0 Å². The van der Waals surface area contributed by atoms with Gasteiger partial charge in [-0.1, -0.05) is 90.1 Å². The van der Waals surface area contributed by atoms with Gasteiger partial charge in [-0.15, -0.1) is 0 Å². The summed E-state index contributed by atoms with van der Waals surface area (Å²) in [4.78, 5) is 9.26. The Kier molecular flexibility index (Phi) is 9.74. The number of allylic oxidation sites excluding steroid dienone is 8. The molecule has 0 amide bonds. The molecule has 0 bridgehead atoms. The van der Waals surface area contributed by atoms with E-state index in [4.69, 9.17) is 0 Å². The lowest BCUT2D eigenvalue weighted by Gasteiger charge is -2.18. The number of aliphatic imine (C=N–C) groups is 2. The number of benzene rings is 2. The molecule has 0 heterocycles. The minimum Gasteiger partial charge on any atom is -0.257 e. The van der Waals surface area contributed by atoms with Crippen LogP contribution < -0.4 is 0 Å². The molecule has 2 heteroatoms. The van der Waals surface area contributed by atoms with Crippen LogP contribution in [-0.4, -0.2) is 12.4 Å². The molecule has 0 atom stereocenters. The topological polar surface area (TPSA) is 24.7 Å². The highest BCUT2D eigenvalue weighted by Gasteiger charge is 2.13. The number of hydrogen-bond acceptors (Lipinski definition) is 2. The molecule has 2 aromatic carbocycles. The van der Waals surface area contributed by atoms with E-state index in [-0.39, 0.29) is 10.8 Å². The smallest absolute Gasteiger partial charge is 0.0629 e. The average Bonchev–Trinajstić information content (AvgIpc) is 2.77. The van der Waals surface area contributed by atoms with E-state index in [9.17, 15) is 0 Å². The number of nitrogens with zero attached hydrogens (tertiary/aromatic N) is 2. The highest BCUT2D eigenvalue weighted by atomic mass is 14.7. The second-order valence-corrected chi connectivity index (χ2v) is 10.4. The lowest BCUT2D eigenvalue weighted by atomic mass is 9.87. The second kappa shape index (κ2) is 12.3. The van der Waals surface area contributed by atoms with Gasteiger partial charge in [0.2, 0.25) is 0 Å². The molecule has 0 radical (unpaired) electrons. The quantitative estimate of drug-likeness (QED) is 0.295. The molecular formula is C32H40N2. The van der Waals surface area contributed by atoms with Crippen molar-refractivity contribution >= 4 is 23.8 Å². The Morgan fingerprint density at radius 3 is 1.15 bits per heavy atom. The summed E-state index contributed by atoms with van der Waals surface area (Å²) in [5.41, 5.74) is 6.94. The van der Waals surface area contributed by atoms with Gasteiger partial charge in [0.25, 0.3) is 0 Å². The van der Waals surface area contributed by atoms with Crippen molar-refractivity contribution in [2.45, 2.75) is 66.2 Å². The lowest BCUT2D eigenvalue weighted by Crippen LogP contribution is -2.10. The molecule has 2 nitrogen and oxygen atoms in total. The maximum Gasteiger partial charge on any atom is 0.0629 e. The SMILES string of the molecule is C\C=C/C(=C/C=Nc1ccc(C(C)(C)C)cc1)C(/C=C\C)=C/C=Nc1ccc(C(C)(C)C)cc1. The van der Waals surface area contributed by atoms with E-state index in [1.165, 1.54) is 11.1 Å². The summed E-state index contributed by atoms with van der Waals surface area (Å²) in [6.07, 6.45) is 16.1. The van der Waals surface area contributed by atoms with E-state index in [1.807, 2.05) is 50.6 Å². The van der Waals surface area contributed by atoms with Gasteiger partial charge in [-0.2, -0.15) is 0 Å². The lowest BCUT2D eigenvalue weighted by molar-refractivity contribution is 0.590. The van der Waals surface area contributed by atoms with E-state index < -0.39 is 0 Å². The Labute approximate surface area is 207 Å². The summed E-state index contributed by atoms with van der Waals surface area (Å²) in [6, 6.07) is 16.9. The Hall–Kier alpha value is -3.26. The van der Waals surface area contributed by atoms with Crippen molar-refractivity contribution in [3.05, 3.63) is 107 Å². The average molecular weight is 453 g/mol. The molecule has 0 fully saturated rings. The standard InChI is InChI=1S/C32H40N2/c1-9-11-25(21-23-33-29-17-13-27(14-18-29)31(3,4)5)26(12-10-2)22-24-34-30-19-15-28(16-20-30)32(6,7)8/h9-24H,1-8H3/b11-9-,12-10-,25-21-,26-22+,33-23?,34-24?. The van der Waals surface area contributed by atoms with Crippen LogP contribution in [0.3, 0.4) is 0 Å². The first kappa shape index (κ1) is 27.0. The molecule has 0 aliphatic heterocycles. The van der Waals surface area contributed by atoms with E-state index in [0.717, 1.165) is 22.5 Å². The zero-order valence-electron chi connectivity index (χ0n) is 22.1. The van der Waals surface area contributed by atoms with Gasteiger partial charge in [0.15, 0.2) is 0 Å². The molecule has 34 heavy (non-hydrogen) atoms. The summed E-state index contributed by atoms with van der Waals surface area (Å²) in [6.45, 7) is 17.4. The van der Waals surface area contributed by atoms with Crippen molar-refractivity contribution in [3.8, 4) is 0 Å². The highest BCUT2D eigenvalue weighted by Crippen LogP contribution is 2.25. The number of rotatable bonds is 7. The van der Waals surface area contributed by atoms with Crippen molar-refractivity contribution < 1.29 is 0 Å². The molecular weight excluding hydrogens is 412 g/mol. The highest BCUT2D eigenvalue weighted by molar-refractivity contribution is 5.82. The van der Waals surface area contributed by atoms with Crippen molar-refractivity contribution in [1.82, 2.24) is 0 Å². The normalized spacial score (nSPS) is 14.4. The number of hydrogen-bond donors (Lipinski definition) is 0. The van der Waals surface area contributed by atoms with Crippen LogP contribution in [0.2, 0.25) is 0 Å². The third-order valence-electron chi connectivity index (χ3n) is 5.45. The summed E-state index contributed by atoms with van der Waals surface area (Å²) < 4.78 is 0. The van der Waals surface area contributed by atoms with Gasteiger partial charge in [-0.05, 0) is 83.4 Å². The fourth-order valence-electron chi connectivity index (χ4n) is 3.36. The molecule has 0 N–H and O–H groups in total. The Balaban J connectivity index is 2.23. The first-order chi connectivity index (χ1) is 16.0. The molecule has 0 spiro atoms. The zero-order chi connectivity index (χ0) is 25.2. The van der Waals surface area contributed by atoms with Gasteiger partial charge in [0.05, 0.1) is 11.4 Å². The Morgan fingerprint density at radius 2 is 0.882 bits per heavy atom. The summed E-state index contributed by atoms with van der Waals surface area (Å²) >= 11 is 0. The predicted molar refractivity (Wildman–Crippen MR) is 152 cm³/mol. The maximum atomic E-state index is 4.63. The van der Waals surface area contributed by atoms with Crippen molar-refractivity contribution in [2.75, 3.05) is 0 Å². The molecule has 0 aliphatic carbocycles. The van der Waals surface area contributed by atoms with Gasteiger partial charge in [-0.3, -0.25) is 9.98 Å². The fourth-order valence-corrected chi connectivity index (χ4v) is 3.36. The van der Waals surface area contributed by atoms with Crippen molar-refractivity contribution in [2.24, 2.45) is 9.98 Å². The summed E-state index contributed by atoms with van der Waals surface area (Å²) in [5, 5.41) is 0. The minimum atomic E-state index is 0.142. The van der Waals surface area contributed by atoms with E-state index in [0.29, 0.717) is 0 Å². The summed E-state index contributed by atoms with van der Waals surface area (Å²) in [7, 11) is 0. The molecule has 178 valence electrons. The van der Waals surface area contributed by atoms with E-state index in [2.05, 4.69) is 112 Å². The van der Waals surface area contributed by atoms with Gasteiger partial charge in [0, 0.05) is 12.4 Å². The van der Waals surface area contributed by atoms with Gasteiger partial charge in [-0.25, -0.2) is 0 Å². The first-order valence-corrected chi connectivity index (χ1v) is 12.0. The molecule has 0 saturated carbocycles. The van der Waals surface area contributed by atoms with Crippen molar-refractivity contribution in [3.63, 3.8) is 0 Å². The van der Waals surface area contributed by atoms with E-state index in [1.54, 1.807) is 0 Å². The second-order valence-electron chi connectivity index (χ2n) is 10.4. The molecule has 0 aliphatic rings. The van der Waals surface area contributed by atoms with Crippen LogP contribution in [-0.2, 0) is 10.8 Å².